The zero-order valence-corrected chi connectivity index (χ0v) is 13.9. The van der Waals surface area contributed by atoms with Gasteiger partial charge in [0, 0.05) is 0 Å². The Kier molecular flexibility index (Phi) is 7.63. The summed E-state index contributed by atoms with van der Waals surface area (Å²) in [6, 6.07) is 0. The average Bonchev–Trinajstić information content (AvgIpc) is 3.26. The van der Waals surface area contributed by atoms with E-state index in [9.17, 15) is 0 Å². The number of hydrogen-bond donors (Lipinski definition) is 0. The van der Waals surface area contributed by atoms with Gasteiger partial charge in [0.25, 0.3) is 0 Å². The van der Waals surface area contributed by atoms with Crippen molar-refractivity contribution in [3.63, 3.8) is 0 Å². The quantitative estimate of drug-likeness (QED) is 0.440. The molecule has 1 saturated heterocycles. The van der Waals surface area contributed by atoms with Crippen LogP contribution in [0, 0.1) is 6.92 Å². The molecule has 0 aromatic heterocycles. The topological polar surface area (TPSA) is 0 Å². The molecule has 3 aliphatic rings. The van der Waals surface area contributed by atoms with Gasteiger partial charge in [0.1, 0.15) is 0 Å². The van der Waals surface area contributed by atoms with Gasteiger partial charge in [-0.3, -0.25) is 0 Å². The molecule has 3 rings (SSSR count). The predicted octanol–water partition coefficient (Wildman–Crippen LogP) is 6.04. The second kappa shape index (κ2) is 8.97. The van der Waals surface area contributed by atoms with E-state index in [1.165, 1.54) is 63.3 Å². The van der Waals surface area contributed by atoms with Crippen molar-refractivity contribution in [1.82, 2.24) is 0 Å². The summed E-state index contributed by atoms with van der Waals surface area (Å²) in [5.41, 5.74) is 2.30. The first-order valence-corrected chi connectivity index (χ1v) is 11.1. The van der Waals surface area contributed by atoms with E-state index in [0.29, 0.717) is 13.4 Å². The van der Waals surface area contributed by atoms with Crippen LogP contribution in [0.5, 0.6) is 0 Å². The van der Waals surface area contributed by atoms with Crippen molar-refractivity contribution in [3.05, 3.63) is 6.92 Å². The normalized spacial score (nSPS) is 27.5. The SMILES string of the molecule is C1CCC(PC2CCCCC2)CC1.[CH2][CH2][Ni]1[CH2][CH2]1. The van der Waals surface area contributed by atoms with Crippen molar-refractivity contribution in [2.24, 2.45) is 0 Å². The molecule has 2 heteroatoms. The first kappa shape index (κ1) is 15.3. The summed E-state index contributed by atoms with van der Waals surface area (Å²) in [5, 5.41) is 4.19. The molecule has 0 spiro atoms. The van der Waals surface area contributed by atoms with Crippen LogP contribution < -0.4 is 0 Å². The van der Waals surface area contributed by atoms with Crippen molar-refractivity contribution in [1.29, 1.82) is 0 Å². The zero-order chi connectivity index (χ0) is 12.6. The molecule has 2 saturated carbocycles. The molecule has 110 valence electrons. The van der Waals surface area contributed by atoms with Crippen LogP contribution >= 0.6 is 8.58 Å². The van der Waals surface area contributed by atoms with E-state index in [0.717, 1.165) is 11.3 Å². The Bertz CT molecular complexity index is 187. The second-order valence-electron chi connectivity index (χ2n) is 5.79. The Balaban J connectivity index is 0.000000202. The molecule has 3 fully saturated rings. The number of rotatable bonds is 3. The molecule has 2 aliphatic carbocycles. The monoisotopic (exact) mass is 312 g/mol. The molecule has 1 aliphatic heterocycles. The van der Waals surface area contributed by atoms with Crippen molar-refractivity contribution in [2.75, 3.05) is 0 Å². The van der Waals surface area contributed by atoms with Crippen LogP contribution in [0.1, 0.15) is 64.2 Å². The minimum atomic E-state index is 0.713. The van der Waals surface area contributed by atoms with E-state index < -0.39 is 0 Å². The first-order valence-electron chi connectivity index (χ1n) is 7.88. The maximum absolute atomic E-state index is 3.77. The second-order valence-corrected chi connectivity index (χ2v) is 10.7. The van der Waals surface area contributed by atoms with Crippen LogP contribution in [0.3, 0.4) is 0 Å². The van der Waals surface area contributed by atoms with Gasteiger partial charge in [-0.05, 0) is 37.0 Å². The average molecular weight is 313 g/mol. The predicted molar refractivity (Wildman–Crippen MR) is 81.8 cm³/mol. The molecule has 0 atom stereocenters. The molecule has 1 radical (unpaired) electrons. The third kappa shape index (κ3) is 6.39. The Hall–Kier alpha value is 0.924. The van der Waals surface area contributed by atoms with Crippen LogP contribution in [0.15, 0.2) is 0 Å². The molecule has 1 heterocycles. The van der Waals surface area contributed by atoms with Crippen molar-refractivity contribution in [2.45, 2.75) is 91.7 Å². The summed E-state index contributed by atoms with van der Waals surface area (Å²) >= 11 is 0.713. The Labute approximate surface area is 120 Å². The zero-order valence-electron chi connectivity index (χ0n) is 11.9. The summed E-state index contributed by atoms with van der Waals surface area (Å²) < 4.78 is 0. The van der Waals surface area contributed by atoms with Crippen LogP contribution in [-0.2, 0) is 13.4 Å². The van der Waals surface area contributed by atoms with E-state index in [1.807, 2.05) is 0 Å². The summed E-state index contributed by atoms with van der Waals surface area (Å²) in [6.45, 7) is 3.77. The molecule has 0 bridgehead atoms. The molecule has 0 unspecified atom stereocenters. The molecule has 0 aromatic rings. The van der Waals surface area contributed by atoms with Gasteiger partial charge in [-0.2, -0.15) is 0 Å². The van der Waals surface area contributed by atoms with E-state index in [2.05, 4.69) is 6.92 Å². The summed E-state index contributed by atoms with van der Waals surface area (Å²) in [5.74, 6) is 0. The van der Waals surface area contributed by atoms with Crippen LogP contribution in [0.4, 0.5) is 0 Å². The number of hydrogen-bond acceptors (Lipinski definition) is 0. The molecule has 0 amide bonds. The standard InChI is InChI=1S/C12H23P.2C2H4.Ni/c1-3-7-11(8-4-1)13-12-9-5-2-6-10-12;2*1-2;/h11-13H,1-10H2;2*1-2H2;. The Morgan fingerprint density at radius 1 is 0.778 bits per heavy atom. The molecule has 0 aromatic carbocycles. The van der Waals surface area contributed by atoms with Gasteiger partial charge in [0.15, 0.2) is 0 Å². The maximum atomic E-state index is 3.77. The fraction of sp³-hybridized carbons (Fsp3) is 0.938. The Morgan fingerprint density at radius 2 is 1.22 bits per heavy atom. The van der Waals surface area contributed by atoms with Crippen molar-refractivity contribution >= 4 is 8.58 Å². The van der Waals surface area contributed by atoms with E-state index in [-0.39, 0.29) is 0 Å². The van der Waals surface area contributed by atoms with Crippen molar-refractivity contribution < 1.29 is 13.4 Å². The van der Waals surface area contributed by atoms with E-state index in [1.54, 1.807) is 25.7 Å². The molecule has 18 heavy (non-hydrogen) atoms. The van der Waals surface area contributed by atoms with Gasteiger partial charge in [-0.15, -0.1) is 8.58 Å². The van der Waals surface area contributed by atoms with Gasteiger partial charge in [0.2, 0.25) is 0 Å². The fourth-order valence-electron chi connectivity index (χ4n) is 3.07. The van der Waals surface area contributed by atoms with E-state index in [4.69, 9.17) is 0 Å². The van der Waals surface area contributed by atoms with Crippen LogP contribution in [-0.4, -0.2) is 11.3 Å². The van der Waals surface area contributed by atoms with Gasteiger partial charge >= 0.3 is 36.5 Å². The third-order valence-corrected chi connectivity index (χ3v) is 8.28. The minimum absolute atomic E-state index is 0.713. The van der Waals surface area contributed by atoms with Gasteiger partial charge in [-0.1, -0.05) is 38.5 Å². The van der Waals surface area contributed by atoms with Crippen LogP contribution in [0.2, 0.25) is 16.2 Å². The van der Waals surface area contributed by atoms with Crippen LogP contribution in [0.25, 0.3) is 0 Å². The van der Waals surface area contributed by atoms with Gasteiger partial charge < -0.3 is 0 Å². The van der Waals surface area contributed by atoms with Crippen molar-refractivity contribution in [3.8, 4) is 0 Å². The molecular formula is C16H31NiP. The summed E-state index contributed by atoms with van der Waals surface area (Å²) in [6.07, 6.45) is 15.4. The van der Waals surface area contributed by atoms with Gasteiger partial charge in [0.05, 0.1) is 0 Å². The fourth-order valence-corrected chi connectivity index (χ4v) is 6.27. The molecule has 0 N–H and O–H groups in total. The Morgan fingerprint density at radius 3 is 1.50 bits per heavy atom. The summed E-state index contributed by atoms with van der Waals surface area (Å²) in [4.78, 5) is 0. The van der Waals surface area contributed by atoms with Gasteiger partial charge in [-0.25, -0.2) is 0 Å². The van der Waals surface area contributed by atoms with E-state index >= 15 is 0 Å². The molecule has 0 nitrogen and oxygen atoms in total. The third-order valence-electron chi connectivity index (χ3n) is 4.29. The first-order chi connectivity index (χ1) is 8.88. The molecular weight excluding hydrogens is 282 g/mol. The summed E-state index contributed by atoms with van der Waals surface area (Å²) in [7, 11) is 1.33.